The lowest BCUT2D eigenvalue weighted by Gasteiger charge is -2.08. The molecule has 0 bridgehead atoms. The van der Waals surface area contributed by atoms with Crippen molar-refractivity contribution in [1.82, 2.24) is 14.6 Å². The average molecular weight is 239 g/mol. The Bertz CT molecular complexity index is 674. The van der Waals surface area contributed by atoms with Crippen LogP contribution >= 0.6 is 0 Å². The van der Waals surface area contributed by atoms with E-state index in [4.69, 9.17) is 5.73 Å². The lowest BCUT2D eigenvalue weighted by molar-refractivity contribution is 0.948. The predicted octanol–water partition coefficient (Wildman–Crippen LogP) is 1.93. The van der Waals surface area contributed by atoms with E-state index in [1.807, 2.05) is 36.5 Å². The highest BCUT2D eigenvalue weighted by molar-refractivity contribution is 5.72. The maximum absolute atomic E-state index is 5.63. The second-order valence-corrected chi connectivity index (χ2v) is 3.97. The SMILES string of the molecule is NCc1cccc(Nc2nccn3nccc23)c1. The Labute approximate surface area is 104 Å². The number of nitrogens with one attached hydrogen (secondary N) is 1. The molecular formula is C13H13N5. The van der Waals surface area contributed by atoms with E-state index in [1.54, 1.807) is 16.9 Å². The molecule has 0 fully saturated rings. The number of fused-ring (bicyclic) bond motifs is 1. The fourth-order valence-electron chi connectivity index (χ4n) is 1.87. The zero-order valence-electron chi connectivity index (χ0n) is 9.74. The van der Waals surface area contributed by atoms with Crippen LogP contribution in [0.1, 0.15) is 5.56 Å². The summed E-state index contributed by atoms with van der Waals surface area (Å²) in [6.07, 6.45) is 5.28. The Morgan fingerprint density at radius 1 is 1.22 bits per heavy atom. The Kier molecular flexibility index (Phi) is 2.66. The summed E-state index contributed by atoms with van der Waals surface area (Å²) in [5.41, 5.74) is 8.62. The Morgan fingerprint density at radius 2 is 2.17 bits per heavy atom. The summed E-state index contributed by atoms with van der Waals surface area (Å²) in [7, 11) is 0. The fourth-order valence-corrected chi connectivity index (χ4v) is 1.87. The van der Waals surface area contributed by atoms with E-state index in [0.29, 0.717) is 6.54 Å². The third kappa shape index (κ3) is 1.91. The monoisotopic (exact) mass is 239 g/mol. The van der Waals surface area contributed by atoms with Crippen LogP contribution < -0.4 is 11.1 Å². The largest absolute Gasteiger partial charge is 0.338 e. The van der Waals surface area contributed by atoms with Crippen LogP contribution in [0.4, 0.5) is 11.5 Å². The van der Waals surface area contributed by atoms with Crippen LogP contribution in [-0.2, 0) is 6.54 Å². The van der Waals surface area contributed by atoms with Crippen molar-refractivity contribution in [2.24, 2.45) is 5.73 Å². The van der Waals surface area contributed by atoms with E-state index in [9.17, 15) is 0 Å². The standard InChI is InChI=1S/C13H13N5/c14-9-10-2-1-3-11(8-10)17-13-12-4-5-16-18(12)7-6-15-13/h1-8H,9,14H2,(H,15,17). The predicted molar refractivity (Wildman–Crippen MR) is 70.6 cm³/mol. The van der Waals surface area contributed by atoms with Gasteiger partial charge in [0, 0.05) is 24.6 Å². The summed E-state index contributed by atoms with van der Waals surface area (Å²) in [5.74, 6) is 0.782. The highest BCUT2D eigenvalue weighted by Crippen LogP contribution is 2.19. The number of rotatable bonds is 3. The normalized spacial score (nSPS) is 10.7. The molecule has 3 rings (SSSR count). The zero-order chi connectivity index (χ0) is 12.4. The number of benzene rings is 1. The maximum Gasteiger partial charge on any atom is 0.156 e. The van der Waals surface area contributed by atoms with Crippen molar-refractivity contribution in [2.45, 2.75) is 6.54 Å². The molecule has 3 aromatic rings. The first-order chi connectivity index (χ1) is 8.86. The summed E-state index contributed by atoms with van der Waals surface area (Å²) >= 11 is 0. The van der Waals surface area contributed by atoms with Crippen molar-refractivity contribution < 1.29 is 0 Å². The van der Waals surface area contributed by atoms with E-state index in [1.165, 1.54) is 0 Å². The minimum Gasteiger partial charge on any atom is -0.338 e. The van der Waals surface area contributed by atoms with Gasteiger partial charge in [0.2, 0.25) is 0 Å². The quantitative estimate of drug-likeness (QED) is 0.732. The third-order valence-electron chi connectivity index (χ3n) is 2.75. The molecule has 0 radical (unpaired) electrons. The molecule has 0 aliphatic heterocycles. The van der Waals surface area contributed by atoms with Gasteiger partial charge in [-0.05, 0) is 23.8 Å². The molecule has 0 spiro atoms. The van der Waals surface area contributed by atoms with Crippen LogP contribution in [-0.4, -0.2) is 14.6 Å². The van der Waals surface area contributed by atoms with Gasteiger partial charge in [0.15, 0.2) is 5.82 Å². The lowest BCUT2D eigenvalue weighted by Crippen LogP contribution is -2.00. The minimum absolute atomic E-state index is 0.528. The molecule has 0 aliphatic carbocycles. The van der Waals surface area contributed by atoms with Gasteiger partial charge in [-0.2, -0.15) is 5.10 Å². The van der Waals surface area contributed by atoms with Gasteiger partial charge < -0.3 is 11.1 Å². The number of nitrogens with two attached hydrogens (primary N) is 1. The molecule has 0 saturated heterocycles. The van der Waals surface area contributed by atoms with Crippen LogP contribution in [0.2, 0.25) is 0 Å². The van der Waals surface area contributed by atoms with Crippen LogP contribution in [0, 0.1) is 0 Å². The molecule has 1 aromatic carbocycles. The summed E-state index contributed by atoms with van der Waals surface area (Å²) in [6.45, 7) is 0.528. The molecule has 2 heterocycles. The number of hydrogen-bond donors (Lipinski definition) is 2. The molecule has 3 N–H and O–H groups in total. The number of aromatic nitrogens is 3. The number of anilines is 2. The molecule has 0 saturated carbocycles. The van der Waals surface area contributed by atoms with E-state index >= 15 is 0 Å². The number of hydrogen-bond acceptors (Lipinski definition) is 4. The van der Waals surface area contributed by atoms with Crippen molar-refractivity contribution in [3.63, 3.8) is 0 Å². The molecule has 5 heteroatoms. The van der Waals surface area contributed by atoms with Crippen molar-refractivity contribution in [1.29, 1.82) is 0 Å². The highest BCUT2D eigenvalue weighted by atomic mass is 15.2. The highest BCUT2D eigenvalue weighted by Gasteiger charge is 2.03. The molecular weight excluding hydrogens is 226 g/mol. The van der Waals surface area contributed by atoms with Gasteiger partial charge >= 0.3 is 0 Å². The summed E-state index contributed by atoms with van der Waals surface area (Å²) < 4.78 is 1.78. The third-order valence-corrected chi connectivity index (χ3v) is 2.75. The van der Waals surface area contributed by atoms with E-state index in [2.05, 4.69) is 15.4 Å². The molecule has 5 nitrogen and oxygen atoms in total. The molecule has 0 unspecified atom stereocenters. The van der Waals surface area contributed by atoms with Gasteiger partial charge in [-0.3, -0.25) is 0 Å². The van der Waals surface area contributed by atoms with Crippen molar-refractivity contribution in [3.8, 4) is 0 Å². The van der Waals surface area contributed by atoms with Gasteiger partial charge in [-0.1, -0.05) is 12.1 Å². The first-order valence-electron chi connectivity index (χ1n) is 5.71. The molecule has 18 heavy (non-hydrogen) atoms. The first-order valence-corrected chi connectivity index (χ1v) is 5.71. The number of nitrogens with zero attached hydrogens (tertiary/aromatic N) is 3. The van der Waals surface area contributed by atoms with E-state index in [0.717, 1.165) is 22.6 Å². The van der Waals surface area contributed by atoms with Crippen molar-refractivity contribution in [3.05, 3.63) is 54.5 Å². The lowest BCUT2D eigenvalue weighted by atomic mass is 10.2. The second kappa shape index (κ2) is 4.46. The molecule has 0 atom stereocenters. The Hall–Kier alpha value is -2.40. The average Bonchev–Trinajstić information content (AvgIpc) is 2.88. The molecule has 0 aliphatic rings. The van der Waals surface area contributed by atoms with Gasteiger partial charge in [0.1, 0.15) is 5.52 Å². The van der Waals surface area contributed by atoms with Crippen LogP contribution in [0.3, 0.4) is 0 Å². The first kappa shape index (κ1) is 10.7. The minimum atomic E-state index is 0.528. The summed E-state index contributed by atoms with van der Waals surface area (Å²) in [4.78, 5) is 4.33. The van der Waals surface area contributed by atoms with E-state index in [-0.39, 0.29) is 0 Å². The maximum atomic E-state index is 5.63. The smallest absolute Gasteiger partial charge is 0.156 e. The van der Waals surface area contributed by atoms with Gasteiger partial charge in [-0.25, -0.2) is 9.50 Å². The second-order valence-electron chi connectivity index (χ2n) is 3.97. The topological polar surface area (TPSA) is 68.2 Å². The Balaban J connectivity index is 1.98. The fraction of sp³-hybridized carbons (Fsp3) is 0.0769. The molecule has 0 amide bonds. The van der Waals surface area contributed by atoms with Crippen LogP contribution in [0.5, 0.6) is 0 Å². The van der Waals surface area contributed by atoms with Crippen molar-refractivity contribution >= 4 is 17.0 Å². The molecule has 2 aromatic heterocycles. The zero-order valence-corrected chi connectivity index (χ0v) is 9.74. The molecule has 90 valence electrons. The van der Waals surface area contributed by atoms with Crippen LogP contribution in [0.25, 0.3) is 5.52 Å². The Morgan fingerprint density at radius 3 is 3.06 bits per heavy atom. The van der Waals surface area contributed by atoms with Gasteiger partial charge in [0.05, 0.1) is 6.20 Å². The van der Waals surface area contributed by atoms with Crippen LogP contribution in [0.15, 0.2) is 48.9 Å². The van der Waals surface area contributed by atoms with E-state index < -0.39 is 0 Å². The summed E-state index contributed by atoms with van der Waals surface area (Å²) in [6, 6.07) is 9.89. The van der Waals surface area contributed by atoms with Gasteiger partial charge in [0.25, 0.3) is 0 Å². The van der Waals surface area contributed by atoms with Gasteiger partial charge in [-0.15, -0.1) is 0 Å². The summed E-state index contributed by atoms with van der Waals surface area (Å²) in [5, 5.41) is 7.45. The van der Waals surface area contributed by atoms with Crippen molar-refractivity contribution in [2.75, 3.05) is 5.32 Å².